The van der Waals surface area contributed by atoms with Gasteiger partial charge < -0.3 is 0 Å². The van der Waals surface area contributed by atoms with Crippen molar-refractivity contribution in [2.24, 2.45) is 0 Å². The van der Waals surface area contributed by atoms with Gasteiger partial charge in [-0.3, -0.25) is 14.7 Å². The van der Waals surface area contributed by atoms with Gasteiger partial charge in [0.15, 0.2) is 0 Å². The van der Waals surface area contributed by atoms with E-state index in [2.05, 4.69) is 47.9 Å². The number of carbonyl (C=O) groups excluding carboxylic acids is 1. The van der Waals surface area contributed by atoms with Gasteiger partial charge in [0.05, 0.1) is 11.4 Å². The Morgan fingerprint density at radius 2 is 1.50 bits per heavy atom. The summed E-state index contributed by atoms with van der Waals surface area (Å²) in [5.74, 6) is 0.729. The predicted molar refractivity (Wildman–Crippen MR) is 113 cm³/mol. The van der Waals surface area contributed by atoms with Crippen molar-refractivity contribution in [2.75, 3.05) is 4.90 Å². The number of pyridine rings is 1. The Morgan fingerprint density at radius 3 is 2.04 bits per heavy atom. The topological polar surface area (TPSA) is 59.0 Å². The lowest BCUT2D eigenvalue weighted by molar-refractivity contribution is -0.106. The van der Waals surface area contributed by atoms with Gasteiger partial charge in [-0.2, -0.15) is 0 Å². The van der Waals surface area contributed by atoms with Gasteiger partial charge >= 0.3 is 0 Å². The van der Waals surface area contributed by atoms with E-state index in [9.17, 15) is 4.79 Å². The molecule has 0 saturated heterocycles. The summed E-state index contributed by atoms with van der Waals surface area (Å²) >= 11 is 0. The fraction of sp³-hybridized carbons (Fsp3) is 0.304. The number of nitrogens with zero attached hydrogens (tertiary/aromatic N) is 4. The van der Waals surface area contributed by atoms with E-state index < -0.39 is 0 Å². The van der Waals surface area contributed by atoms with Gasteiger partial charge in [0.2, 0.25) is 6.41 Å². The zero-order chi connectivity index (χ0) is 20.5. The van der Waals surface area contributed by atoms with Crippen LogP contribution in [0.1, 0.15) is 43.5 Å². The summed E-state index contributed by atoms with van der Waals surface area (Å²) in [7, 11) is 0. The van der Waals surface area contributed by atoms with E-state index in [1.807, 2.05) is 51.4 Å². The maximum atomic E-state index is 12.2. The number of carbonyl (C=O) groups is 1. The van der Waals surface area contributed by atoms with Crippen LogP contribution in [0.2, 0.25) is 0 Å². The molecule has 0 bridgehead atoms. The minimum absolute atomic E-state index is 0.129. The first-order chi connectivity index (χ1) is 13.2. The Bertz CT molecular complexity index is 984. The number of rotatable bonds is 4. The van der Waals surface area contributed by atoms with Gasteiger partial charge in [-0.1, -0.05) is 32.9 Å². The van der Waals surface area contributed by atoms with Crippen LogP contribution >= 0.6 is 0 Å². The molecule has 5 nitrogen and oxygen atoms in total. The second kappa shape index (κ2) is 7.50. The molecule has 0 aliphatic rings. The minimum atomic E-state index is -0.129. The van der Waals surface area contributed by atoms with Gasteiger partial charge in [-0.15, -0.1) is 0 Å². The van der Waals surface area contributed by atoms with E-state index in [0.29, 0.717) is 0 Å². The molecule has 2 aromatic heterocycles. The first kappa shape index (κ1) is 19.7. The molecule has 1 amide bonds. The average molecular weight is 374 g/mol. The fourth-order valence-corrected chi connectivity index (χ4v) is 3.29. The first-order valence-electron chi connectivity index (χ1n) is 9.32. The van der Waals surface area contributed by atoms with Crippen LogP contribution in [0.3, 0.4) is 0 Å². The van der Waals surface area contributed by atoms with Gasteiger partial charge in [-0.25, -0.2) is 9.97 Å². The van der Waals surface area contributed by atoms with Crippen LogP contribution in [0, 0.1) is 20.8 Å². The quantitative estimate of drug-likeness (QED) is 0.599. The molecule has 0 unspecified atom stereocenters. The number of anilines is 2. The summed E-state index contributed by atoms with van der Waals surface area (Å²) in [5.41, 5.74) is 6.26. The fourth-order valence-electron chi connectivity index (χ4n) is 3.29. The average Bonchev–Trinajstić information content (AvgIpc) is 2.61. The van der Waals surface area contributed by atoms with Crippen molar-refractivity contribution in [2.45, 2.75) is 47.0 Å². The third-order valence-electron chi connectivity index (χ3n) is 4.63. The maximum Gasteiger partial charge on any atom is 0.218 e. The highest BCUT2D eigenvalue weighted by atomic mass is 16.1. The monoisotopic (exact) mass is 374 g/mol. The Labute approximate surface area is 166 Å². The molecule has 0 saturated carbocycles. The molecule has 144 valence electrons. The van der Waals surface area contributed by atoms with E-state index in [0.717, 1.165) is 51.7 Å². The minimum Gasteiger partial charge on any atom is -0.283 e. The van der Waals surface area contributed by atoms with Crippen LogP contribution in [0.15, 0.2) is 42.7 Å². The van der Waals surface area contributed by atoms with Crippen molar-refractivity contribution in [3.05, 3.63) is 65.5 Å². The lowest BCUT2D eigenvalue weighted by Gasteiger charge is -2.29. The van der Waals surface area contributed by atoms with Crippen LogP contribution in [0.4, 0.5) is 11.4 Å². The van der Waals surface area contributed by atoms with E-state index >= 15 is 0 Å². The van der Waals surface area contributed by atoms with E-state index in [1.165, 1.54) is 0 Å². The summed E-state index contributed by atoms with van der Waals surface area (Å²) < 4.78 is 0. The lowest BCUT2D eigenvalue weighted by Crippen LogP contribution is -2.21. The summed E-state index contributed by atoms with van der Waals surface area (Å²) in [6, 6.07) is 10.0. The standard InChI is InChI=1S/C23H26N4O/c1-15-9-20(10-16(2)26-15)27(14-28)22-11-18(7-8-21(22)23(4,5)6)19-12-24-17(3)25-13-19/h7-14H,1-6H3. The van der Waals surface area contributed by atoms with Crippen molar-refractivity contribution < 1.29 is 4.79 Å². The highest BCUT2D eigenvalue weighted by Gasteiger charge is 2.23. The summed E-state index contributed by atoms with van der Waals surface area (Å²) in [4.78, 5) is 26.9. The maximum absolute atomic E-state index is 12.2. The molecule has 0 fully saturated rings. The molecule has 2 heterocycles. The molecule has 0 spiro atoms. The molecule has 0 aliphatic heterocycles. The Morgan fingerprint density at radius 1 is 0.893 bits per heavy atom. The zero-order valence-corrected chi connectivity index (χ0v) is 17.3. The van der Waals surface area contributed by atoms with E-state index in [4.69, 9.17) is 0 Å². The van der Waals surface area contributed by atoms with Crippen LogP contribution in [0.5, 0.6) is 0 Å². The number of aryl methyl sites for hydroxylation is 3. The molecule has 5 heteroatoms. The molecule has 0 radical (unpaired) electrons. The molecule has 0 aliphatic carbocycles. The second-order valence-corrected chi connectivity index (χ2v) is 8.08. The third-order valence-corrected chi connectivity index (χ3v) is 4.63. The van der Waals surface area contributed by atoms with Gasteiger partial charge in [-0.05, 0) is 55.5 Å². The summed E-state index contributed by atoms with van der Waals surface area (Å²) in [6.07, 6.45) is 4.49. The molecular formula is C23H26N4O. The number of benzene rings is 1. The largest absolute Gasteiger partial charge is 0.283 e. The Kier molecular flexibility index (Phi) is 5.27. The number of hydrogen-bond donors (Lipinski definition) is 0. The summed E-state index contributed by atoms with van der Waals surface area (Å²) in [5, 5.41) is 0. The molecule has 3 aromatic rings. The molecule has 28 heavy (non-hydrogen) atoms. The first-order valence-corrected chi connectivity index (χ1v) is 9.32. The number of hydrogen-bond acceptors (Lipinski definition) is 4. The van der Waals surface area contributed by atoms with Crippen LogP contribution < -0.4 is 4.90 Å². The van der Waals surface area contributed by atoms with E-state index in [1.54, 1.807) is 4.90 Å². The molecule has 1 aromatic carbocycles. The second-order valence-electron chi connectivity index (χ2n) is 8.08. The smallest absolute Gasteiger partial charge is 0.218 e. The zero-order valence-electron chi connectivity index (χ0n) is 17.3. The van der Waals surface area contributed by atoms with Crippen molar-refractivity contribution in [1.82, 2.24) is 15.0 Å². The molecule has 3 rings (SSSR count). The lowest BCUT2D eigenvalue weighted by atomic mass is 9.84. The number of amides is 1. The van der Waals surface area contributed by atoms with Crippen molar-refractivity contribution in [1.29, 1.82) is 0 Å². The molecule has 0 N–H and O–H groups in total. The third kappa shape index (κ3) is 4.09. The Balaban J connectivity index is 2.21. The van der Waals surface area contributed by atoms with Crippen LogP contribution in [-0.4, -0.2) is 21.4 Å². The van der Waals surface area contributed by atoms with Gasteiger partial charge in [0, 0.05) is 29.3 Å². The number of aromatic nitrogens is 3. The molecular weight excluding hydrogens is 348 g/mol. The highest BCUT2D eigenvalue weighted by Crippen LogP contribution is 2.38. The van der Waals surface area contributed by atoms with Gasteiger partial charge in [0.1, 0.15) is 5.82 Å². The Hall–Kier alpha value is -3.08. The normalized spacial score (nSPS) is 11.4. The SMILES string of the molecule is Cc1cc(N(C=O)c2cc(-c3cnc(C)nc3)ccc2C(C)(C)C)cc(C)n1. The summed E-state index contributed by atoms with van der Waals surface area (Å²) in [6.45, 7) is 12.2. The molecule has 0 atom stereocenters. The van der Waals surface area contributed by atoms with Crippen LogP contribution in [-0.2, 0) is 10.2 Å². The van der Waals surface area contributed by atoms with Gasteiger partial charge in [0.25, 0.3) is 0 Å². The highest BCUT2D eigenvalue weighted by molar-refractivity contribution is 5.90. The van der Waals surface area contributed by atoms with Crippen LogP contribution in [0.25, 0.3) is 11.1 Å². The van der Waals surface area contributed by atoms with E-state index in [-0.39, 0.29) is 5.41 Å². The van der Waals surface area contributed by atoms with Crippen molar-refractivity contribution >= 4 is 17.8 Å². The predicted octanol–water partition coefficient (Wildman–Crippen LogP) is 5.06. The van der Waals surface area contributed by atoms with Crippen molar-refractivity contribution in [3.63, 3.8) is 0 Å². The van der Waals surface area contributed by atoms with Crippen molar-refractivity contribution in [3.8, 4) is 11.1 Å².